The van der Waals surface area contributed by atoms with Gasteiger partial charge in [-0.2, -0.15) is 8.78 Å². The van der Waals surface area contributed by atoms with E-state index >= 15 is 0 Å². The summed E-state index contributed by atoms with van der Waals surface area (Å²) in [4.78, 5) is 12.2. The molecule has 0 radical (unpaired) electrons. The van der Waals surface area contributed by atoms with Gasteiger partial charge in [0.15, 0.2) is 5.69 Å². The van der Waals surface area contributed by atoms with Crippen molar-refractivity contribution in [1.29, 1.82) is 0 Å². The van der Waals surface area contributed by atoms with Crippen LogP contribution in [-0.4, -0.2) is 40.1 Å². The zero-order valence-electron chi connectivity index (χ0n) is 14.1. The van der Waals surface area contributed by atoms with Gasteiger partial charge < -0.3 is 15.8 Å². The number of nitrogens with one attached hydrogen (secondary N) is 1. The Morgan fingerprint density at radius 3 is 2.62 bits per heavy atom. The SMILES string of the molecule is Cc1c(C(=O)NCC(N)C2CC2)nnn1-c1ccc(OC(F)F)cc1.Cl. The second-order valence-electron chi connectivity index (χ2n) is 6.02. The zero-order valence-corrected chi connectivity index (χ0v) is 14.9. The van der Waals surface area contributed by atoms with Crippen LogP contribution in [0, 0.1) is 12.8 Å². The van der Waals surface area contributed by atoms with Crippen LogP contribution in [0.15, 0.2) is 24.3 Å². The van der Waals surface area contributed by atoms with Crippen molar-refractivity contribution >= 4 is 18.3 Å². The van der Waals surface area contributed by atoms with Crippen LogP contribution in [0.25, 0.3) is 5.69 Å². The van der Waals surface area contributed by atoms with Crippen molar-refractivity contribution < 1.29 is 18.3 Å². The minimum atomic E-state index is -2.88. The summed E-state index contributed by atoms with van der Waals surface area (Å²) < 4.78 is 30.1. The number of benzene rings is 1. The number of alkyl halides is 2. The van der Waals surface area contributed by atoms with Gasteiger partial charge in [0.05, 0.1) is 11.4 Å². The minimum absolute atomic E-state index is 0. The number of hydrogen-bond donors (Lipinski definition) is 2. The maximum absolute atomic E-state index is 12.2. The van der Waals surface area contributed by atoms with E-state index in [2.05, 4.69) is 20.4 Å². The number of nitrogens with two attached hydrogens (primary N) is 1. The summed E-state index contributed by atoms with van der Waals surface area (Å²) in [6, 6.07) is 5.88. The van der Waals surface area contributed by atoms with Gasteiger partial charge in [-0.3, -0.25) is 4.79 Å². The number of aromatic nitrogens is 3. The van der Waals surface area contributed by atoms with Crippen LogP contribution in [0.5, 0.6) is 5.75 Å². The molecule has 1 saturated carbocycles. The number of nitrogens with zero attached hydrogens (tertiary/aromatic N) is 3. The van der Waals surface area contributed by atoms with Gasteiger partial charge in [0.25, 0.3) is 5.91 Å². The van der Waals surface area contributed by atoms with E-state index < -0.39 is 6.61 Å². The Kier molecular flexibility index (Phi) is 6.49. The van der Waals surface area contributed by atoms with Crippen molar-refractivity contribution in [2.24, 2.45) is 11.7 Å². The summed E-state index contributed by atoms with van der Waals surface area (Å²) in [7, 11) is 0. The predicted octanol–water partition coefficient (Wildman–Crippen LogP) is 2.07. The standard InChI is InChI=1S/C16H19F2N5O2.ClH/c1-9-14(15(24)20-8-13(19)10-2-3-10)21-22-23(9)11-4-6-12(7-5-11)25-16(17)18;/h4-7,10,13,16H,2-3,8,19H2,1H3,(H,20,24);1H. The summed E-state index contributed by atoms with van der Waals surface area (Å²) in [6.07, 6.45) is 2.22. The van der Waals surface area contributed by atoms with Crippen LogP contribution in [-0.2, 0) is 0 Å². The maximum atomic E-state index is 12.2. The van der Waals surface area contributed by atoms with E-state index in [4.69, 9.17) is 5.73 Å². The average molecular weight is 388 g/mol. The number of hydrogen-bond acceptors (Lipinski definition) is 5. The highest BCUT2D eigenvalue weighted by Gasteiger charge is 2.29. The molecule has 1 atom stereocenters. The zero-order chi connectivity index (χ0) is 18.0. The summed E-state index contributed by atoms with van der Waals surface area (Å²) in [5.74, 6) is 0.201. The fourth-order valence-electron chi connectivity index (χ4n) is 2.54. The van der Waals surface area contributed by atoms with Gasteiger partial charge in [-0.15, -0.1) is 17.5 Å². The van der Waals surface area contributed by atoms with Crippen molar-refractivity contribution in [3.8, 4) is 11.4 Å². The first kappa shape index (κ1) is 20.1. The third-order valence-corrected chi connectivity index (χ3v) is 4.14. The third-order valence-electron chi connectivity index (χ3n) is 4.14. The fourth-order valence-corrected chi connectivity index (χ4v) is 2.54. The van der Waals surface area contributed by atoms with Gasteiger partial charge in [-0.05, 0) is 49.9 Å². The molecule has 3 rings (SSSR count). The van der Waals surface area contributed by atoms with Crippen molar-refractivity contribution in [3.05, 3.63) is 35.7 Å². The Morgan fingerprint density at radius 1 is 1.38 bits per heavy atom. The monoisotopic (exact) mass is 387 g/mol. The number of amides is 1. The van der Waals surface area contributed by atoms with Gasteiger partial charge in [0.1, 0.15) is 5.75 Å². The van der Waals surface area contributed by atoms with E-state index in [1.807, 2.05) is 0 Å². The molecule has 1 aliphatic carbocycles. The van der Waals surface area contributed by atoms with Crippen LogP contribution in [0.3, 0.4) is 0 Å². The summed E-state index contributed by atoms with van der Waals surface area (Å²) >= 11 is 0. The Morgan fingerprint density at radius 2 is 2.04 bits per heavy atom. The molecule has 1 heterocycles. The van der Waals surface area contributed by atoms with Gasteiger partial charge >= 0.3 is 6.61 Å². The highest BCUT2D eigenvalue weighted by Crippen LogP contribution is 2.31. The molecule has 1 aromatic carbocycles. The molecule has 1 unspecified atom stereocenters. The van der Waals surface area contributed by atoms with Crippen LogP contribution in [0.4, 0.5) is 8.78 Å². The molecule has 2 aromatic rings. The van der Waals surface area contributed by atoms with Crippen LogP contribution < -0.4 is 15.8 Å². The second-order valence-corrected chi connectivity index (χ2v) is 6.02. The van der Waals surface area contributed by atoms with Crippen LogP contribution in [0.2, 0.25) is 0 Å². The number of ether oxygens (including phenoxy) is 1. The lowest BCUT2D eigenvalue weighted by molar-refractivity contribution is -0.0498. The lowest BCUT2D eigenvalue weighted by Gasteiger charge is -2.11. The quantitative estimate of drug-likeness (QED) is 0.758. The summed E-state index contributed by atoms with van der Waals surface area (Å²) in [5, 5.41) is 10.6. The molecule has 0 bridgehead atoms. The number of carbonyl (C=O) groups excluding carboxylic acids is 1. The Hall–Kier alpha value is -2.26. The molecule has 3 N–H and O–H groups in total. The number of rotatable bonds is 7. The highest BCUT2D eigenvalue weighted by atomic mass is 35.5. The molecule has 1 fully saturated rings. The van der Waals surface area contributed by atoms with Gasteiger partial charge in [-0.1, -0.05) is 5.21 Å². The molecule has 0 aliphatic heterocycles. The second kappa shape index (κ2) is 8.41. The first-order valence-electron chi connectivity index (χ1n) is 7.97. The highest BCUT2D eigenvalue weighted by molar-refractivity contribution is 5.93. The number of carbonyl (C=O) groups is 1. The Balaban J connectivity index is 0.00000243. The van der Waals surface area contributed by atoms with E-state index in [-0.39, 0.29) is 35.8 Å². The average Bonchev–Trinajstić information content (AvgIpc) is 3.36. The molecule has 1 aromatic heterocycles. The number of halogens is 3. The molecule has 26 heavy (non-hydrogen) atoms. The van der Waals surface area contributed by atoms with Crippen molar-refractivity contribution in [3.63, 3.8) is 0 Å². The smallest absolute Gasteiger partial charge is 0.387 e. The molecule has 0 spiro atoms. The van der Waals surface area contributed by atoms with E-state index in [9.17, 15) is 13.6 Å². The molecular weight excluding hydrogens is 368 g/mol. The molecule has 0 saturated heterocycles. The first-order valence-corrected chi connectivity index (χ1v) is 7.97. The Bertz CT molecular complexity index is 750. The fraction of sp³-hybridized carbons (Fsp3) is 0.438. The Labute approximate surface area is 155 Å². The lowest BCUT2D eigenvalue weighted by Crippen LogP contribution is -2.38. The van der Waals surface area contributed by atoms with Crippen LogP contribution >= 0.6 is 12.4 Å². The van der Waals surface area contributed by atoms with Gasteiger partial charge in [0, 0.05) is 12.6 Å². The molecule has 1 aliphatic rings. The van der Waals surface area contributed by atoms with E-state index in [1.54, 1.807) is 19.1 Å². The molecule has 1 amide bonds. The third kappa shape index (κ3) is 4.67. The van der Waals surface area contributed by atoms with E-state index in [1.165, 1.54) is 16.8 Å². The first-order chi connectivity index (χ1) is 12.0. The summed E-state index contributed by atoms with van der Waals surface area (Å²) in [6.45, 7) is -0.773. The largest absolute Gasteiger partial charge is 0.435 e. The predicted molar refractivity (Wildman–Crippen MR) is 93.0 cm³/mol. The maximum Gasteiger partial charge on any atom is 0.387 e. The van der Waals surface area contributed by atoms with Crippen LogP contribution in [0.1, 0.15) is 29.0 Å². The van der Waals surface area contributed by atoms with E-state index in [0.29, 0.717) is 23.8 Å². The van der Waals surface area contributed by atoms with Crippen molar-refractivity contribution in [1.82, 2.24) is 20.3 Å². The molecular formula is C16H20ClF2N5O2. The topological polar surface area (TPSA) is 95.1 Å². The molecule has 142 valence electrons. The van der Waals surface area contributed by atoms with Crippen molar-refractivity contribution in [2.75, 3.05) is 6.54 Å². The normalized spacial score (nSPS) is 14.7. The van der Waals surface area contributed by atoms with Gasteiger partial charge in [-0.25, -0.2) is 4.68 Å². The van der Waals surface area contributed by atoms with Crippen molar-refractivity contribution in [2.45, 2.75) is 32.4 Å². The molecule has 7 nitrogen and oxygen atoms in total. The minimum Gasteiger partial charge on any atom is -0.435 e. The molecule has 10 heteroatoms. The lowest BCUT2D eigenvalue weighted by atomic mass is 10.2. The van der Waals surface area contributed by atoms with E-state index in [0.717, 1.165) is 12.8 Å². The van der Waals surface area contributed by atoms with Gasteiger partial charge in [0.2, 0.25) is 0 Å². The summed E-state index contributed by atoms with van der Waals surface area (Å²) in [5.41, 5.74) is 7.30.